The number of hydrogen-bond acceptors (Lipinski definition) is 4. The number of rotatable bonds is 4. The van der Waals surface area contributed by atoms with Crippen LogP contribution in [0.4, 0.5) is 0 Å². The number of H-pyrrole nitrogens is 2. The van der Waals surface area contributed by atoms with E-state index in [0.29, 0.717) is 11.3 Å². The Hall–Kier alpha value is -2.71. The molecule has 0 saturated carbocycles. The molecule has 0 amide bonds. The van der Waals surface area contributed by atoms with Gasteiger partial charge in [0.05, 0.1) is 22.1 Å². The maximum atomic E-state index is 12.2. The molecule has 0 spiro atoms. The van der Waals surface area contributed by atoms with E-state index in [9.17, 15) is 13.0 Å². The lowest BCUT2D eigenvalue weighted by Gasteiger charge is -2.09. The summed E-state index contributed by atoms with van der Waals surface area (Å²) in [6.45, 7) is 7.84. The third-order valence-corrected chi connectivity index (χ3v) is 6.06. The van der Waals surface area contributed by atoms with Crippen molar-refractivity contribution in [1.29, 1.82) is 0 Å². The molecule has 0 unspecified atom stereocenters. The van der Waals surface area contributed by atoms with Crippen LogP contribution in [0.25, 0.3) is 22.1 Å². The summed E-state index contributed by atoms with van der Waals surface area (Å²) in [6.07, 6.45) is -0.0101. The van der Waals surface area contributed by atoms with Gasteiger partial charge in [-0.3, -0.25) is 4.55 Å². The molecular formula is C20H22N4O3S. The Morgan fingerprint density at radius 2 is 1.43 bits per heavy atom. The third-order valence-electron chi connectivity index (χ3n) is 4.95. The molecule has 0 aliphatic carbocycles. The number of benzene rings is 2. The first-order valence-corrected chi connectivity index (χ1v) is 10.5. The number of nitrogens with zero attached hydrogens (tertiary/aromatic N) is 2. The second-order valence-electron chi connectivity index (χ2n) is 7.47. The van der Waals surface area contributed by atoms with Gasteiger partial charge in [-0.15, -0.1) is 0 Å². The van der Waals surface area contributed by atoms with E-state index in [1.807, 2.05) is 52.0 Å². The van der Waals surface area contributed by atoms with Crippen molar-refractivity contribution in [2.45, 2.75) is 39.4 Å². The molecule has 0 bridgehead atoms. The molecule has 0 aliphatic heterocycles. The van der Waals surface area contributed by atoms with Gasteiger partial charge in [-0.05, 0) is 62.1 Å². The second-order valence-corrected chi connectivity index (χ2v) is 9.07. The SMILES string of the molecule is Cc1cc(C)c2nc(C[C@@H](c3nc4c(C)cc(C)cc4[nH]3)S(=O)(=O)O)[nH]c2c1. The van der Waals surface area contributed by atoms with Crippen molar-refractivity contribution < 1.29 is 13.0 Å². The number of imidazole rings is 2. The summed E-state index contributed by atoms with van der Waals surface area (Å²) in [4.78, 5) is 15.3. The van der Waals surface area contributed by atoms with E-state index in [1.165, 1.54) is 0 Å². The third kappa shape index (κ3) is 3.29. The predicted octanol–water partition coefficient (Wildman–Crippen LogP) is 3.84. The van der Waals surface area contributed by atoms with Gasteiger partial charge in [-0.1, -0.05) is 12.1 Å². The molecule has 4 aromatic rings. The molecule has 0 aliphatic rings. The summed E-state index contributed by atoms with van der Waals surface area (Å²) in [5, 5.41) is -1.23. The Balaban J connectivity index is 1.80. The van der Waals surface area contributed by atoms with E-state index < -0.39 is 15.4 Å². The van der Waals surface area contributed by atoms with Gasteiger partial charge in [0.25, 0.3) is 10.1 Å². The van der Waals surface area contributed by atoms with Crippen LogP contribution in [-0.2, 0) is 16.5 Å². The fraction of sp³-hybridized carbons (Fsp3) is 0.300. The zero-order valence-corrected chi connectivity index (χ0v) is 17.0. The average molecular weight is 398 g/mol. The zero-order chi connectivity index (χ0) is 20.2. The van der Waals surface area contributed by atoms with Gasteiger partial charge in [0.15, 0.2) is 5.25 Å². The molecular weight excluding hydrogens is 376 g/mol. The van der Waals surface area contributed by atoms with Crippen LogP contribution in [-0.4, -0.2) is 32.9 Å². The first kappa shape index (κ1) is 18.6. The minimum absolute atomic E-state index is 0.0101. The Bertz CT molecular complexity index is 1320. The molecule has 2 aromatic carbocycles. The van der Waals surface area contributed by atoms with Crippen molar-refractivity contribution >= 4 is 32.2 Å². The smallest absolute Gasteiger partial charge is 0.275 e. The molecule has 1 atom stereocenters. The second kappa shape index (κ2) is 6.42. The zero-order valence-electron chi connectivity index (χ0n) is 16.2. The molecule has 8 heteroatoms. The highest BCUT2D eigenvalue weighted by Gasteiger charge is 2.30. The van der Waals surface area contributed by atoms with E-state index in [0.717, 1.165) is 38.8 Å². The quantitative estimate of drug-likeness (QED) is 0.452. The van der Waals surface area contributed by atoms with Gasteiger partial charge in [-0.25, -0.2) is 9.97 Å². The van der Waals surface area contributed by atoms with E-state index in [4.69, 9.17) is 0 Å². The molecule has 0 saturated heterocycles. The number of aromatic amines is 2. The Morgan fingerprint density at radius 3 is 2.00 bits per heavy atom. The summed E-state index contributed by atoms with van der Waals surface area (Å²) in [6, 6.07) is 7.89. The van der Waals surface area contributed by atoms with Gasteiger partial charge in [-0.2, -0.15) is 8.42 Å². The maximum Gasteiger partial charge on any atom is 0.275 e. The number of fused-ring (bicyclic) bond motifs is 2. The highest BCUT2D eigenvalue weighted by atomic mass is 32.2. The van der Waals surface area contributed by atoms with Crippen molar-refractivity contribution in [3.05, 3.63) is 58.2 Å². The van der Waals surface area contributed by atoms with Crippen molar-refractivity contribution in [2.24, 2.45) is 0 Å². The molecule has 146 valence electrons. The van der Waals surface area contributed by atoms with Crippen LogP contribution < -0.4 is 0 Å². The minimum atomic E-state index is -4.40. The van der Waals surface area contributed by atoms with Crippen LogP contribution in [0.2, 0.25) is 0 Å². The first-order valence-electron chi connectivity index (χ1n) is 9.01. The van der Waals surface area contributed by atoms with E-state index >= 15 is 0 Å². The molecule has 4 rings (SSSR count). The molecule has 2 heterocycles. The summed E-state index contributed by atoms with van der Waals surface area (Å²) in [5.74, 6) is 0.694. The number of aryl methyl sites for hydroxylation is 4. The van der Waals surface area contributed by atoms with E-state index in [2.05, 4.69) is 19.9 Å². The lowest BCUT2D eigenvalue weighted by molar-refractivity contribution is 0.464. The Kier molecular flexibility index (Phi) is 4.28. The molecule has 2 aromatic heterocycles. The molecule has 0 radical (unpaired) electrons. The van der Waals surface area contributed by atoms with Crippen molar-refractivity contribution in [1.82, 2.24) is 19.9 Å². The monoisotopic (exact) mass is 398 g/mol. The van der Waals surface area contributed by atoms with Crippen LogP contribution >= 0.6 is 0 Å². The summed E-state index contributed by atoms with van der Waals surface area (Å²) in [5.41, 5.74) is 7.18. The standard InChI is InChI=1S/C20H22N4O3S/c1-10-5-12(3)18-14(7-10)21-17(23-18)9-16(28(25,26)27)20-22-15-8-11(2)6-13(4)19(15)24-20/h5-8,16H,9H2,1-4H3,(H,21,23)(H,22,24)(H,25,26,27)/t16-/m0/s1. The fourth-order valence-electron chi connectivity index (χ4n) is 3.78. The molecule has 3 N–H and O–H groups in total. The topological polar surface area (TPSA) is 112 Å². The minimum Gasteiger partial charge on any atom is -0.342 e. The number of aromatic nitrogens is 4. The van der Waals surface area contributed by atoms with E-state index in [-0.39, 0.29) is 12.2 Å². The van der Waals surface area contributed by atoms with Crippen LogP contribution in [0.3, 0.4) is 0 Å². The van der Waals surface area contributed by atoms with Crippen LogP contribution in [0, 0.1) is 27.7 Å². The average Bonchev–Trinajstić information content (AvgIpc) is 3.15. The lowest BCUT2D eigenvalue weighted by Crippen LogP contribution is -2.17. The van der Waals surface area contributed by atoms with Gasteiger partial charge in [0.1, 0.15) is 11.6 Å². The van der Waals surface area contributed by atoms with E-state index in [1.54, 1.807) is 0 Å². The highest BCUT2D eigenvalue weighted by molar-refractivity contribution is 7.86. The van der Waals surface area contributed by atoms with Crippen molar-refractivity contribution in [3.8, 4) is 0 Å². The molecule has 28 heavy (non-hydrogen) atoms. The van der Waals surface area contributed by atoms with Crippen molar-refractivity contribution in [2.75, 3.05) is 0 Å². The van der Waals surface area contributed by atoms with Gasteiger partial charge in [0, 0.05) is 6.42 Å². The van der Waals surface area contributed by atoms with Gasteiger partial charge >= 0.3 is 0 Å². The lowest BCUT2D eigenvalue weighted by atomic mass is 10.1. The predicted molar refractivity (Wildman–Crippen MR) is 109 cm³/mol. The van der Waals surface area contributed by atoms with Crippen LogP contribution in [0.1, 0.15) is 39.2 Å². The normalized spacial score (nSPS) is 13.5. The van der Waals surface area contributed by atoms with Gasteiger partial charge < -0.3 is 9.97 Å². The molecule has 0 fully saturated rings. The van der Waals surface area contributed by atoms with Gasteiger partial charge in [0.2, 0.25) is 0 Å². The first-order chi connectivity index (χ1) is 13.1. The molecule has 7 nitrogen and oxygen atoms in total. The van der Waals surface area contributed by atoms with Crippen LogP contribution in [0.15, 0.2) is 24.3 Å². The Labute approximate surface area is 163 Å². The van der Waals surface area contributed by atoms with Crippen molar-refractivity contribution in [3.63, 3.8) is 0 Å². The number of hydrogen-bond donors (Lipinski definition) is 3. The summed E-state index contributed by atoms with van der Waals surface area (Å²) >= 11 is 0. The fourth-order valence-corrected chi connectivity index (χ4v) is 4.54. The maximum absolute atomic E-state index is 12.2. The highest BCUT2D eigenvalue weighted by Crippen LogP contribution is 2.28. The largest absolute Gasteiger partial charge is 0.342 e. The van der Waals surface area contributed by atoms with Crippen LogP contribution in [0.5, 0.6) is 0 Å². The Morgan fingerprint density at radius 1 is 0.893 bits per heavy atom. The summed E-state index contributed by atoms with van der Waals surface area (Å²) in [7, 11) is -4.40. The number of nitrogens with one attached hydrogen (secondary N) is 2. The summed E-state index contributed by atoms with van der Waals surface area (Å²) < 4.78 is 34.2.